The number of imidazole rings is 1. The summed E-state index contributed by atoms with van der Waals surface area (Å²) in [5.41, 5.74) is 6.46. The van der Waals surface area contributed by atoms with Crippen LogP contribution in [0.15, 0.2) is 110 Å². The van der Waals surface area contributed by atoms with Crippen molar-refractivity contribution in [2.24, 2.45) is 0 Å². The van der Waals surface area contributed by atoms with Gasteiger partial charge in [-0.15, -0.1) is 0 Å². The van der Waals surface area contributed by atoms with Crippen LogP contribution < -0.4 is 4.74 Å². The zero-order valence-electron chi connectivity index (χ0n) is 23.0. The summed E-state index contributed by atoms with van der Waals surface area (Å²) in [4.78, 5) is 9.28. The molecule has 0 aliphatic heterocycles. The van der Waals surface area contributed by atoms with Crippen LogP contribution in [0.1, 0.15) is 31.9 Å². The van der Waals surface area contributed by atoms with Gasteiger partial charge in [-0.3, -0.25) is 9.13 Å². The summed E-state index contributed by atoms with van der Waals surface area (Å²) >= 11 is 0. The molecular formula is C35H27N5O. The third kappa shape index (κ3) is 4.29. The van der Waals surface area contributed by atoms with Crippen LogP contribution in [-0.4, -0.2) is 19.1 Å². The fraction of sp³-hybridized carbons (Fsp3) is 0.114. The van der Waals surface area contributed by atoms with Crippen LogP contribution in [0.5, 0.6) is 11.5 Å². The van der Waals surface area contributed by atoms with Crippen LogP contribution in [0.4, 0.5) is 0 Å². The van der Waals surface area contributed by atoms with Crippen molar-refractivity contribution in [2.45, 2.75) is 26.2 Å². The van der Waals surface area contributed by atoms with Gasteiger partial charge in [0, 0.05) is 29.1 Å². The number of rotatable bonds is 4. The summed E-state index contributed by atoms with van der Waals surface area (Å²) in [6.07, 6.45) is 3.65. The molecule has 4 aromatic carbocycles. The minimum absolute atomic E-state index is 0.00521. The van der Waals surface area contributed by atoms with E-state index in [4.69, 9.17) is 9.72 Å². The van der Waals surface area contributed by atoms with Crippen LogP contribution in [0.2, 0.25) is 0 Å². The molecule has 0 saturated heterocycles. The summed E-state index contributed by atoms with van der Waals surface area (Å²) in [6, 6.07) is 34.5. The van der Waals surface area contributed by atoms with E-state index in [1.807, 2.05) is 59.3 Å². The van der Waals surface area contributed by atoms with Gasteiger partial charge in [-0.05, 0) is 65.6 Å². The Balaban J connectivity index is 1.36. The molecule has 198 valence electrons. The molecule has 3 aromatic heterocycles. The molecule has 0 aliphatic carbocycles. The highest BCUT2D eigenvalue weighted by Gasteiger charge is 2.18. The maximum absolute atomic E-state index is 9.79. The molecule has 7 rings (SSSR count). The minimum Gasteiger partial charge on any atom is -0.457 e. The van der Waals surface area contributed by atoms with Crippen molar-refractivity contribution < 1.29 is 4.74 Å². The molecule has 0 unspecified atom stereocenters. The molecule has 0 amide bonds. The Morgan fingerprint density at radius 3 is 2.34 bits per heavy atom. The van der Waals surface area contributed by atoms with Crippen molar-refractivity contribution in [1.29, 1.82) is 5.26 Å². The van der Waals surface area contributed by atoms with Gasteiger partial charge in [0.15, 0.2) is 0 Å². The molecule has 41 heavy (non-hydrogen) atoms. The van der Waals surface area contributed by atoms with Gasteiger partial charge < -0.3 is 4.74 Å². The van der Waals surface area contributed by atoms with Gasteiger partial charge in [0.2, 0.25) is 0 Å². The molecule has 0 bridgehead atoms. The number of nitrogens with zero attached hydrogens (tertiary/aromatic N) is 5. The van der Waals surface area contributed by atoms with E-state index >= 15 is 0 Å². The van der Waals surface area contributed by atoms with Crippen molar-refractivity contribution in [2.75, 3.05) is 0 Å². The highest BCUT2D eigenvalue weighted by Crippen LogP contribution is 2.36. The van der Waals surface area contributed by atoms with Crippen molar-refractivity contribution in [3.63, 3.8) is 0 Å². The lowest BCUT2D eigenvalue weighted by atomic mass is 9.88. The number of benzene rings is 4. The molecule has 7 aromatic rings. The second kappa shape index (κ2) is 9.35. The Morgan fingerprint density at radius 1 is 0.732 bits per heavy atom. The first-order chi connectivity index (χ1) is 19.9. The topological polar surface area (TPSA) is 68.7 Å². The first-order valence-corrected chi connectivity index (χ1v) is 13.5. The van der Waals surface area contributed by atoms with E-state index in [1.54, 1.807) is 12.4 Å². The number of ether oxygens (including phenoxy) is 1. The fourth-order valence-electron chi connectivity index (χ4n) is 5.41. The molecule has 6 heteroatoms. The summed E-state index contributed by atoms with van der Waals surface area (Å²) in [5, 5.41) is 12.1. The zero-order chi connectivity index (χ0) is 28.1. The highest BCUT2D eigenvalue weighted by molar-refractivity contribution is 6.09. The van der Waals surface area contributed by atoms with Gasteiger partial charge in [-0.1, -0.05) is 51.1 Å². The number of pyridine rings is 1. The number of aromatic nitrogens is 4. The molecule has 3 heterocycles. The van der Waals surface area contributed by atoms with Gasteiger partial charge in [0.25, 0.3) is 0 Å². The Labute approximate surface area is 237 Å². The second-order valence-corrected chi connectivity index (χ2v) is 11.2. The molecule has 0 aliphatic rings. The Hall–Kier alpha value is -5.41. The fourth-order valence-corrected chi connectivity index (χ4v) is 5.41. The molecular weight excluding hydrogens is 506 g/mol. The monoisotopic (exact) mass is 533 g/mol. The first-order valence-electron chi connectivity index (χ1n) is 13.5. The van der Waals surface area contributed by atoms with Gasteiger partial charge in [-0.25, -0.2) is 9.97 Å². The molecule has 0 saturated carbocycles. The van der Waals surface area contributed by atoms with Crippen molar-refractivity contribution >= 4 is 32.8 Å². The van der Waals surface area contributed by atoms with Gasteiger partial charge in [-0.2, -0.15) is 5.26 Å². The number of fused-ring (bicyclic) bond motifs is 4. The SMILES string of the molecule is CC(C)(C)c1ccnc(-n2c3ccccc3c3ccc(Oc4cc(C#N)cc(-n5cnc6ccccc65)c4)cc32)c1. The number of para-hydroxylation sites is 3. The quantitative estimate of drug-likeness (QED) is 0.227. The van der Waals surface area contributed by atoms with Crippen LogP contribution in [0.3, 0.4) is 0 Å². The van der Waals surface area contributed by atoms with E-state index in [2.05, 4.69) is 78.9 Å². The smallest absolute Gasteiger partial charge is 0.137 e. The van der Waals surface area contributed by atoms with Crippen LogP contribution in [0, 0.1) is 11.3 Å². The van der Waals surface area contributed by atoms with Crippen molar-refractivity contribution in [3.8, 4) is 29.1 Å². The largest absolute Gasteiger partial charge is 0.457 e. The number of hydrogen-bond acceptors (Lipinski definition) is 4. The van der Waals surface area contributed by atoms with E-state index < -0.39 is 0 Å². The summed E-state index contributed by atoms with van der Waals surface area (Å²) in [5.74, 6) is 2.11. The lowest BCUT2D eigenvalue weighted by molar-refractivity contribution is 0.483. The predicted molar refractivity (Wildman–Crippen MR) is 163 cm³/mol. The van der Waals surface area contributed by atoms with Crippen molar-refractivity contribution in [3.05, 3.63) is 121 Å². The van der Waals surface area contributed by atoms with E-state index in [1.165, 1.54) is 5.56 Å². The third-order valence-electron chi connectivity index (χ3n) is 7.47. The van der Waals surface area contributed by atoms with Crippen molar-refractivity contribution in [1.82, 2.24) is 19.1 Å². The van der Waals surface area contributed by atoms with E-state index in [0.717, 1.165) is 44.3 Å². The van der Waals surface area contributed by atoms with Crippen LogP contribution >= 0.6 is 0 Å². The maximum atomic E-state index is 9.79. The van der Waals surface area contributed by atoms with E-state index in [0.29, 0.717) is 17.1 Å². The first kappa shape index (κ1) is 24.6. The lowest BCUT2D eigenvalue weighted by Gasteiger charge is -2.20. The standard InChI is InChI=1S/C35H27N5O/c1-35(2,3)24-14-15-37-34(18-24)40-31-10-6-4-8-28(31)29-13-12-26(20-33(29)40)41-27-17-23(21-36)16-25(19-27)39-22-38-30-9-5-7-11-32(30)39/h4-20,22H,1-3H3. The lowest BCUT2D eigenvalue weighted by Crippen LogP contribution is -2.12. The zero-order valence-corrected chi connectivity index (χ0v) is 23.0. The molecule has 0 N–H and O–H groups in total. The van der Waals surface area contributed by atoms with E-state index in [9.17, 15) is 5.26 Å². The Kier molecular flexibility index (Phi) is 5.62. The van der Waals surface area contributed by atoms with Crippen LogP contribution in [-0.2, 0) is 5.41 Å². The van der Waals surface area contributed by atoms with Crippen LogP contribution in [0.25, 0.3) is 44.3 Å². The molecule has 0 atom stereocenters. The second-order valence-electron chi connectivity index (χ2n) is 11.2. The summed E-state index contributed by atoms with van der Waals surface area (Å²) < 4.78 is 10.6. The molecule has 6 nitrogen and oxygen atoms in total. The summed E-state index contributed by atoms with van der Waals surface area (Å²) in [7, 11) is 0. The normalized spacial score (nSPS) is 11.8. The minimum atomic E-state index is -0.00521. The molecule has 0 fully saturated rings. The van der Waals surface area contributed by atoms with Gasteiger partial charge in [0.05, 0.1) is 39.4 Å². The average molecular weight is 534 g/mol. The third-order valence-corrected chi connectivity index (χ3v) is 7.47. The highest BCUT2D eigenvalue weighted by atomic mass is 16.5. The Bertz CT molecular complexity index is 2140. The Morgan fingerprint density at radius 2 is 1.51 bits per heavy atom. The summed E-state index contributed by atoms with van der Waals surface area (Å²) in [6.45, 7) is 6.63. The van der Waals surface area contributed by atoms with Gasteiger partial charge >= 0.3 is 0 Å². The van der Waals surface area contributed by atoms with Gasteiger partial charge in [0.1, 0.15) is 23.6 Å². The predicted octanol–water partition coefficient (Wildman–Crippen LogP) is 8.48. The number of nitriles is 1. The van der Waals surface area contributed by atoms with E-state index in [-0.39, 0.29) is 5.41 Å². The average Bonchev–Trinajstić information content (AvgIpc) is 3.56. The number of hydrogen-bond donors (Lipinski definition) is 0. The maximum Gasteiger partial charge on any atom is 0.137 e. The molecule has 0 radical (unpaired) electrons. The molecule has 0 spiro atoms.